The van der Waals surface area contributed by atoms with E-state index >= 15 is 0 Å². The Morgan fingerprint density at radius 2 is 1.87 bits per heavy atom. The monoisotopic (exact) mass is 528 g/mol. The topological polar surface area (TPSA) is 82.6 Å². The second-order valence-corrected chi connectivity index (χ2v) is 10.6. The van der Waals surface area contributed by atoms with E-state index in [4.69, 9.17) is 4.74 Å². The SMILES string of the molecule is CCCCCOc1ccc(/C(O)=C2/C(=O)C(=O)N(CCc3c[nH]c4ccccc34)C2c2sccc2C)cc1. The molecular weight excluding hydrogens is 496 g/mol. The van der Waals surface area contributed by atoms with Crippen LogP contribution >= 0.6 is 11.3 Å². The second-order valence-electron chi connectivity index (χ2n) is 9.65. The van der Waals surface area contributed by atoms with Crippen LogP contribution in [0.15, 0.2) is 71.7 Å². The van der Waals surface area contributed by atoms with Crippen molar-refractivity contribution in [3.8, 4) is 5.75 Å². The maximum absolute atomic E-state index is 13.4. The Kier molecular flexibility index (Phi) is 7.65. The van der Waals surface area contributed by atoms with E-state index in [1.54, 1.807) is 29.2 Å². The number of nitrogens with zero attached hydrogens (tertiary/aromatic N) is 1. The van der Waals surface area contributed by atoms with Crippen molar-refractivity contribution >= 4 is 39.7 Å². The van der Waals surface area contributed by atoms with E-state index in [2.05, 4.69) is 11.9 Å². The number of thiophene rings is 1. The number of unbranched alkanes of at least 4 members (excludes halogenated alkanes) is 2. The molecule has 2 N–H and O–H groups in total. The van der Waals surface area contributed by atoms with Gasteiger partial charge >= 0.3 is 0 Å². The lowest BCUT2D eigenvalue weighted by Gasteiger charge is -2.25. The van der Waals surface area contributed by atoms with Gasteiger partial charge in [-0.05, 0) is 72.7 Å². The molecule has 1 aliphatic heterocycles. The maximum Gasteiger partial charge on any atom is 0.295 e. The molecule has 0 radical (unpaired) electrons. The number of aliphatic hydroxyl groups is 1. The van der Waals surface area contributed by atoms with Gasteiger partial charge in [-0.15, -0.1) is 11.3 Å². The molecule has 1 saturated heterocycles. The highest BCUT2D eigenvalue weighted by atomic mass is 32.1. The lowest BCUT2D eigenvalue weighted by molar-refractivity contribution is -0.139. The van der Waals surface area contributed by atoms with E-state index in [-0.39, 0.29) is 11.3 Å². The summed E-state index contributed by atoms with van der Waals surface area (Å²) in [4.78, 5) is 32.5. The van der Waals surface area contributed by atoms with Gasteiger partial charge in [0.2, 0.25) is 0 Å². The largest absolute Gasteiger partial charge is 0.507 e. The number of carbonyl (C=O) groups excluding carboxylic acids is 2. The Morgan fingerprint density at radius 1 is 1.08 bits per heavy atom. The molecule has 2 aromatic carbocycles. The number of aromatic amines is 1. The van der Waals surface area contributed by atoms with Crippen LogP contribution < -0.4 is 4.74 Å². The smallest absolute Gasteiger partial charge is 0.295 e. The fraction of sp³-hybridized carbons (Fsp3) is 0.290. The Hall–Kier alpha value is -3.84. The molecule has 3 heterocycles. The summed E-state index contributed by atoms with van der Waals surface area (Å²) in [5, 5.41) is 14.4. The number of nitrogens with one attached hydrogen (secondary N) is 1. The quantitative estimate of drug-likeness (QED) is 0.103. The minimum absolute atomic E-state index is 0.135. The number of rotatable bonds is 10. The molecule has 1 atom stereocenters. The molecule has 6 nitrogen and oxygen atoms in total. The van der Waals surface area contributed by atoms with Crippen molar-refractivity contribution in [2.24, 2.45) is 0 Å². The molecule has 0 spiro atoms. The number of aliphatic hydroxyl groups excluding tert-OH is 1. The van der Waals surface area contributed by atoms with Gasteiger partial charge in [0.15, 0.2) is 0 Å². The molecule has 0 aliphatic carbocycles. The molecule has 0 bridgehead atoms. The standard InChI is InChI=1S/C31H32N2O4S/c1-3-4-7-17-37-23-12-10-21(11-13-23)28(34)26-27(30-20(2)15-18-38-30)33(31(36)29(26)35)16-14-22-19-32-25-9-6-5-8-24(22)25/h5-6,8-13,15,18-19,27,32,34H,3-4,7,14,16-17H2,1-2H3/b28-26-. The first-order valence-corrected chi connectivity index (χ1v) is 14.0. The Balaban J connectivity index is 1.45. The zero-order valence-corrected chi connectivity index (χ0v) is 22.5. The number of H-pyrrole nitrogens is 1. The number of para-hydroxylation sites is 1. The van der Waals surface area contributed by atoms with E-state index in [0.717, 1.165) is 46.2 Å². The lowest BCUT2D eigenvalue weighted by atomic mass is 9.98. The van der Waals surface area contributed by atoms with Crippen molar-refractivity contribution < 1.29 is 19.4 Å². The van der Waals surface area contributed by atoms with Crippen molar-refractivity contribution in [3.63, 3.8) is 0 Å². The summed E-state index contributed by atoms with van der Waals surface area (Å²) >= 11 is 1.49. The van der Waals surface area contributed by atoms with Crippen LogP contribution in [0.2, 0.25) is 0 Å². The number of hydrogen-bond acceptors (Lipinski definition) is 5. The molecule has 1 unspecified atom stereocenters. The molecule has 0 saturated carbocycles. The molecule has 1 fully saturated rings. The van der Waals surface area contributed by atoms with Gasteiger partial charge in [-0.2, -0.15) is 0 Å². The lowest BCUT2D eigenvalue weighted by Crippen LogP contribution is -2.31. The summed E-state index contributed by atoms with van der Waals surface area (Å²) < 4.78 is 5.79. The predicted octanol–water partition coefficient (Wildman–Crippen LogP) is 6.77. The third kappa shape index (κ3) is 4.98. The van der Waals surface area contributed by atoms with Crippen molar-refractivity contribution in [1.29, 1.82) is 0 Å². The summed E-state index contributed by atoms with van der Waals surface area (Å²) in [6, 6.07) is 16.4. The highest BCUT2D eigenvalue weighted by molar-refractivity contribution is 7.10. The van der Waals surface area contributed by atoms with E-state index < -0.39 is 17.7 Å². The first-order valence-electron chi connectivity index (χ1n) is 13.1. The zero-order valence-electron chi connectivity index (χ0n) is 21.7. The average Bonchev–Trinajstić information content (AvgIpc) is 3.61. The van der Waals surface area contributed by atoms with Gasteiger partial charge in [-0.25, -0.2) is 0 Å². The van der Waals surface area contributed by atoms with Crippen LogP contribution in [0.25, 0.3) is 16.7 Å². The minimum atomic E-state index is -0.654. The van der Waals surface area contributed by atoms with Crippen LogP contribution in [-0.2, 0) is 16.0 Å². The number of benzene rings is 2. The summed E-state index contributed by atoms with van der Waals surface area (Å²) in [7, 11) is 0. The minimum Gasteiger partial charge on any atom is -0.507 e. The van der Waals surface area contributed by atoms with Crippen LogP contribution in [0.4, 0.5) is 0 Å². The molecule has 38 heavy (non-hydrogen) atoms. The molecule has 4 aromatic rings. The fourth-order valence-electron chi connectivity index (χ4n) is 5.03. The Morgan fingerprint density at radius 3 is 2.61 bits per heavy atom. The molecule has 1 amide bonds. The van der Waals surface area contributed by atoms with Crippen LogP contribution in [0, 0.1) is 6.92 Å². The highest BCUT2D eigenvalue weighted by Crippen LogP contribution is 2.42. The third-order valence-corrected chi connectivity index (χ3v) is 8.20. The summed E-state index contributed by atoms with van der Waals surface area (Å²) in [6.07, 6.45) is 5.77. The highest BCUT2D eigenvalue weighted by Gasteiger charge is 2.46. The number of fused-ring (bicyclic) bond motifs is 1. The van der Waals surface area contributed by atoms with Crippen LogP contribution in [0.5, 0.6) is 5.75 Å². The van der Waals surface area contributed by atoms with Gasteiger partial charge in [0.1, 0.15) is 11.5 Å². The number of likely N-dealkylation sites (tertiary alicyclic amines) is 1. The number of carbonyl (C=O) groups is 2. The number of aryl methyl sites for hydroxylation is 1. The molecule has 5 rings (SSSR count). The Labute approximate surface area is 226 Å². The van der Waals surface area contributed by atoms with Crippen LogP contribution in [-0.4, -0.2) is 39.8 Å². The van der Waals surface area contributed by atoms with Gasteiger partial charge < -0.3 is 19.7 Å². The van der Waals surface area contributed by atoms with Gasteiger partial charge in [0, 0.05) is 34.1 Å². The molecule has 1 aliphatic rings. The van der Waals surface area contributed by atoms with Crippen molar-refractivity contribution in [2.75, 3.05) is 13.2 Å². The summed E-state index contributed by atoms with van der Waals surface area (Å²) in [5.74, 6) is -0.685. The van der Waals surface area contributed by atoms with Crippen LogP contribution in [0.1, 0.15) is 53.8 Å². The first kappa shape index (κ1) is 25.8. The second kappa shape index (κ2) is 11.3. The van der Waals surface area contributed by atoms with Crippen LogP contribution in [0.3, 0.4) is 0 Å². The number of ketones is 1. The molecule has 7 heteroatoms. The third-order valence-electron chi connectivity index (χ3n) is 7.13. The summed E-state index contributed by atoms with van der Waals surface area (Å²) in [6.45, 7) is 5.11. The Bertz CT molecular complexity index is 1480. The van der Waals surface area contributed by atoms with Gasteiger partial charge in [-0.1, -0.05) is 38.0 Å². The van der Waals surface area contributed by atoms with Crippen molar-refractivity contribution in [2.45, 2.75) is 45.6 Å². The van der Waals surface area contributed by atoms with Crippen molar-refractivity contribution in [3.05, 3.63) is 93.3 Å². The number of amides is 1. The number of Topliss-reactive ketones (excluding diaryl/α,β-unsaturated/α-hetero) is 1. The first-order chi connectivity index (χ1) is 18.5. The molecular formula is C31H32N2O4S. The predicted molar refractivity (Wildman–Crippen MR) is 152 cm³/mol. The van der Waals surface area contributed by atoms with Crippen molar-refractivity contribution in [1.82, 2.24) is 9.88 Å². The van der Waals surface area contributed by atoms with Gasteiger partial charge in [-0.3, -0.25) is 9.59 Å². The average molecular weight is 529 g/mol. The van der Waals surface area contributed by atoms with Gasteiger partial charge in [0.25, 0.3) is 11.7 Å². The summed E-state index contributed by atoms with van der Waals surface area (Å²) in [5.41, 5.74) is 3.73. The van der Waals surface area contributed by atoms with E-state index in [1.807, 2.05) is 48.8 Å². The van der Waals surface area contributed by atoms with E-state index in [1.165, 1.54) is 11.3 Å². The number of hydrogen-bond donors (Lipinski definition) is 2. The molecule has 2 aromatic heterocycles. The van der Waals surface area contributed by atoms with E-state index in [0.29, 0.717) is 30.9 Å². The maximum atomic E-state index is 13.4. The zero-order chi connectivity index (χ0) is 26.6. The normalized spacial score (nSPS) is 17.0. The number of aromatic nitrogens is 1. The number of ether oxygens (including phenoxy) is 1. The van der Waals surface area contributed by atoms with E-state index in [9.17, 15) is 14.7 Å². The van der Waals surface area contributed by atoms with Gasteiger partial charge in [0.05, 0.1) is 18.2 Å². The molecule has 196 valence electrons. The fourth-order valence-corrected chi connectivity index (χ4v) is 6.08.